The molecule has 20 heavy (non-hydrogen) atoms. The molecule has 1 aromatic heterocycles. The average molecular weight is 421 g/mol. The molecule has 0 atom stereocenters. The van der Waals surface area contributed by atoms with E-state index >= 15 is 0 Å². The molecule has 0 fully saturated rings. The quantitative estimate of drug-likeness (QED) is 0.739. The molecule has 0 saturated carbocycles. The summed E-state index contributed by atoms with van der Waals surface area (Å²) in [5, 5.41) is 13.4. The van der Waals surface area contributed by atoms with E-state index in [0.717, 1.165) is 36.8 Å². The molecule has 0 amide bonds. The molecule has 108 valence electrons. The van der Waals surface area contributed by atoms with E-state index in [0.29, 0.717) is 13.2 Å². The number of rotatable bonds is 6. The summed E-state index contributed by atoms with van der Waals surface area (Å²) >= 11 is 8.62. The number of nitrogens with zero attached hydrogens (tertiary/aromatic N) is 2. The normalized spacial score (nSPS) is 10.6. The summed E-state index contributed by atoms with van der Waals surface area (Å²) in [6.45, 7) is 5.32. The lowest BCUT2D eigenvalue weighted by Crippen LogP contribution is -2.04. The van der Waals surface area contributed by atoms with Crippen LogP contribution in [-0.2, 0) is 13.0 Å². The predicted octanol–water partition coefficient (Wildman–Crippen LogP) is 4.64. The van der Waals surface area contributed by atoms with Crippen molar-refractivity contribution < 1.29 is 4.74 Å². The van der Waals surface area contributed by atoms with Crippen LogP contribution < -0.4 is 10.1 Å². The van der Waals surface area contributed by atoms with Gasteiger partial charge in [-0.2, -0.15) is 0 Å². The number of aromatic nitrogens is 2. The van der Waals surface area contributed by atoms with Crippen molar-refractivity contribution in [3.63, 3.8) is 0 Å². The molecule has 0 unspecified atom stereocenters. The Hall–Kier alpha value is -0.660. The minimum atomic E-state index is 0.631. The average Bonchev–Trinajstić information content (AvgIpc) is 2.88. The van der Waals surface area contributed by atoms with Crippen molar-refractivity contribution in [1.29, 1.82) is 0 Å². The van der Waals surface area contributed by atoms with Gasteiger partial charge in [0.2, 0.25) is 5.13 Å². The first-order valence-electron chi connectivity index (χ1n) is 6.31. The van der Waals surface area contributed by atoms with Crippen molar-refractivity contribution in [2.75, 3.05) is 11.9 Å². The Balaban J connectivity index is 2.15. The van der Waals surface area contributed by atoms with Crippen LogP contribution in [0, 0.1) is 0 Å². The maximum absolute atomic E-state index is 5.70. The van der Waals surface area contributed by atoms with Crippen LogP contribution in [0.2, 0.25) is 0 Å². The second-order valence-electron chi connectivity index (χ2n) is 4.02. The van der Waals surface area contributed by atoms with Gasteiger partial charge in [0.1, 0.15) is 10.8 Å². The monoisotopic (exact) mass is 419 g/mol. The largest absolute Gasteiger partial charge is 0.492 e. The molecule has 2 rings (SSSR count). The summed E-state index contributed by atoms with van der Waals surface area (Å²) in [4.78, 5) is 0. The fourth-order valence-electron chi connectivity index (χ4n) is 1.69. The van der Waals surface area contributed by atoms with Gasteiger partial charge in [-0.15, -0.1) is 10.2 Å². The van der Waals surface area contributed by atoms with Crippen LogP contribution in [0.3, 0.4) is 0 Å². The van der Waals surface area contributed by atoms with Gasteiger partial charge < -0.3 is 10.1 Å². The van der Waals surface area contributed by atoms with E-state index < -0.39 is 0 Å². The van der Waals surface area contributed by atoms with E-state index in [9.17, 15) is 0 Å². The zero-order valence-corrected chi connectivity index (χ0v) is 15.2. The van der Waals surface area contributed by atoms with Gasteiger partial charge in [-0.1, -0.05) is 34.2 Å². The fraction of sp³-hybridized carbons (Fsp3) is 0.385. The SMILES string of the molecule is CCOc1c(Br)cc(Br)cc1CNc1nnc(CC)s1. The van der Waals surface area contributed by atoms with Gasteiger partial charge >= 0.3 is 0 Å². The number of benzene rings is 1. The van der Waals surface area contributed by atoms with Crippen LogP contribution in [-0.4, -0.2) is 16.8 Å². The Kier molecular flexibility index (Phi) is 5.80. The molecule has 0 saturated heterocycles. The lowest BCUT2D eigenvalue weighted by atomic mass is 10.2. The molecule has 4 nitrogen and oxygen atoms in total. The molecule has 0 aliphatic heterocycles. The number of halogens is 2. The molecular formula is C13H15Br2N3OS. The Morgan fingerprint density at radius 2 is 2.05 bits per heavy atom. The van der Waals surface area contributed by atoms with E-state index in [4.69, 9.17) is 4.74 Å². The van der Waals surface area contributed by atoms with Crippen LogP contribution in [0.15, 0.2) is 21.1 Å². The molecule has 2 aromatic rings. The topological polar surface area (TPSA) is 47.0 Å². The summed E-state index contributed by atoms with van der Waals surface area (Å²) in [7, 11) is 0. The molecule has 0 radical (unpaired) electrons. The zero-order valence-electron chi connectivity index (χ0n) is 11.2. The smallest absolute Gasteiger partial charge is 0.205 e. The second kappa shape index (κ2) is 7.38. The lowest BCUT2D eigenvalue weighted by Gasteiger charge is -2.13. The maximum atomic E-state index is 5.70. The minimum absolute atomic E-state index is 0.631. The molecule has 7 heteroatoms. The van der Waals surface area contributed by atoms with Crippen molar-refractivity contribution in [3.05, 3.63) is 31.6 Å². The third-order valence-electron chi connectivity index (χ3n) is 2.57. The number of ether oxygens (including phenoxy) is 1. The number of hydrogen-bond acceptors (Lipinski definition) is 5. The Bertz CT molecular complexity index is 589. The highest BCUT2D eigenvalue weighted by Crippen LogP contribution is 2.33. The van der Waals surface area contributed by atoms with Crippen LogP contribution in [0.5, 0.6) is 5.75 Å². The van der Waals surface area contributed by atoms with E-state index in [1.165, 1.54) is 0 Å². The highest BCUT2D eigenvalue weighted by Gasteiger charge is 2.11. The highest BCUT2D eigenvalue weighted by atomic mass is 79.9. The molecule has 0 aliphatic carbocycles. The summed E-state index contributed by atoms with van der Waals surface area (Å²) in [6.07, 6.45) is 0.909. The predicted molar refractivity (Wildman–Crippen MR) is 89.6 cm³/mol. The van der Waals surface area contributed by atoms with Crippen molar-refractivity contribution in [3.8, 4) is 5.75 Å². The van der Waals surface area contributed by atoms with Gasteiger partial charge in [-0.25, -0.2) is 0 Å². The van der Waals surface area contributed by atoms with Gasteiger partial charge in [-0.3, -0.25) is 0 Å². The molecule has 1 N–H and O–H groups in total. The summed E-state index contributed by atoms with van der Waals surface area (Å²) in [5.74, 6) is 0.864. The summed E-state index contributed by atoms with van der Waals surface area (Å²) in [5.41, 5.74) is 1.07. The molecule has 0 spiro atoms. The van der Waals surface area contributed by atoms with Crippen LogP contribution in [0.4, 0.5) is 5.13 Å². The maximum Gasteiger partial charge on any atom is 0.205 e. The molecule has 0 bridgehead atoms. The minimum Gasteiger partial charge on any atom is -0.492 e. The molecule has 1 aromatic carbocycles. The standard InChI is InChI=1S/C13H15Br2N3OS/c1-3-11-17-18-13(20-11)16-7-8-5-9(14)6-10(15)12(8)19-4-2/h5-6H,3-4,7H2,1-2H3,(H,16,18). The highest BCUT2D eigenvalue weighted by molar-refractivity contribution is 9.11. The lowest BCUT2D eigenvalue weighted by molar-refractivity contribution is 0.334. The van der Waals surface area contributed by atoms with Gasteiger partial charge in [0, 0.05) is 16.6 Å². The van der Waals surface area contributed by atoms with E-state index in [-0.39, 0.29) is 0 Å². The van der Waals surface area contributed by atoms with Gasteiger partial charge in [0.25, 0.3) is 0 Å². The van der Waals surface area contributed by atoms with E-state index in [1.807, 2.05) is 19.1 Å². The first-order chi connectivity index (χ1) is 9.63. The zero-order chi connectivity index (χ0) is 14.5. The fourth-order valence-corrected chi connectivity index (χ4v) is 3.79. The third kappa shape index (κ3) is 3.93. The first-order valence-corrected chi connectivity index (χ1v) is 8.71. The molecular weight excluding hydrogens is 406 g/mol. The Labute approximate surface area is 139 Å². The van der Waals surface area contributed by atoms with Crippen molar-refractivity contribution in [1.82, 2.24) is 10.2 Å². The number of anilines is 1. The molecule has 0 aliphatic rings. The summed E-state index contributed by atoms with van der Waals surface area (Å²) in [6, 6.07) is 4.03. The first kappa shape index (κ1) is 15.7. The van der Waals surface area contributed by atoms with Crippen molar-refractivity contribution in [2.45, 2.75) is 26.8 Å². The van der Waals surface area contributed by atoms with Crippen molar-refractivity contribution in [2.24, 2.45) is 0 Å². The van der Waals surface area contributed by atoms with Crippen molar-refractivity contribution >= 4 is 48.3 Å². The number of nitrogens with one attached hydrogen (secondary N) is 1. The number of aryl methyl sites for hydroxylation is 1. The van der Waals surface area contributed by atoms with Crippen LogP contribution in [0.25, 0.3) is 0 Å². The number of hydrogen-bond donors (Lipinski definition) is 1. The van der Waals surface area contributed by atoms with Crippen LogP contribution in [0.1, 0.15) is 24.4 Å². The third-order valence-corrected chi connectivity index (χ3v) is 4.65. The summed E-state index contributed by atoms with van der Waals surface area (Å²) < 4.78 is 7.65. The molecule has 1 heterocycles. The van der Waals surface area contributed by atoms with Crippen LogP contribution >= 0.6 is 43.2 Å². The van der Waals surface area contributed by atoms with E-state index in [2.05, 4.69) is 54.3 Å². The Morgan fingerprint density at radius 1 is 1.25 bits per heavy atom. The Morgan fingerprint density at radius 3 is 2.70 bits per heavy atom. The second-order valence-corrected chi connectivity index (χ2v) is 6.85. The van der Waals surface area contributed by atoms with Gasteiger partial charge in [0.05, 0.1) is 11.1 Å². The van der Waals surface area contributed by atoms with Gasteiger partial charge in [0.15, 0.2) is 0 Å². The van der Waals surface area contributed by atoms with Gasteiger partial charge in [-0.05, 0) is 41.4 Å². The van der Waals surface area contributed by atoms with E-state index in [1.54, 1.807) is 11.3 Å².